The fourth-order valence-corrected chi connectivity index (χ4v) is 2.39. The highest BCUT2D eigenvalue weighted by atomic mass is 16.5. The number of aliphatic carboxylic acids is 1. The lowest BCUT2D eigenvalue weighted by Gasteiger charge is -2.31. The number of rotatable bonds is 7. The Kier molecular flexibility index (Phi) is 5.34. The molecular formula is C18H18N2O3. The van der Waals surface area contributed by atoms with Gasteiger partial charge in [-0.25, -0.2) is 4.79 Å². The average Bonchev–Trinajstić information content (AvgIpc) is 2.56. The van der Waals surface area contributed by atoms with Gasteiger partial charge in [-0.1, -0.05) is 36.3 Å². The number of ether oxygens (including phenoxy) is 1. The van der Waals surface area contributed by atoms with E-state index < -0.39 is 11.5 Å². The highest BCUT2D eigenvalue weighted by Crippen LogP contribution is 2.23. The van der Waals surface area contributed by atoms with Crippen molar-refractivity contribution >= 4 is 11.7 Å². The van der Waals surface area contributed by atoms with E-state index >= 15 is 0 Å². The molecule has 0 fully saturated rings. The van der Waals surface area contributed by atoms with Crippen molar-refractivity contribution in [3.8, 4) is 12.3 Å². The second-order valence-electron chi connectivity index (χ2n) is 5.17. The van der Waals surface area contributed by atoms with Gasteiger partial charge in [0.1, 0.15) is 0 Å². The Morgan fingerprint density at radius 2 is 2.13 bits per heavy atom. The third-order valence-corrected chi connectivity index (χ3v) is 3.50. The van der Waals surface area contributed by atoms with Gasteiger partial charge in [0.15, 0.2) is 5.54 Å². The van der Waals surface area contributed by atoms with Crippen molar-refractivity contribution in [1.82, 2.24) is 4.98 Å². The highest BCUT2D eigenvalue weighted by Gasteiger charge is 2.39. The maximum absolute atomic E-state index is 12.0. The van der Waals surface area contributed by atoms with E-state index in [9.17, 15) is 9.90 Å². The van der Waals surface area contributed by atoms with Crippen LogP contribution in [0.25, 0.3) is 0 Å². The summed E-state index contributed by atoms with van der Waals surface area (Å²) >= 11 is 0. The molecule has 0 spiro atoms. The van der Waals surface area contributed by atoms with Crippen molar-refractivity contribution in [3.63, 3.8) is 0 Å². The van der Waals surface area contributed by atoms with Crippen LogP contribution < -0.4 is 5.32 Å². The molecular weight excluding hydrogens is 292 g/mol. The molecule has 23 heavy (non-hydrogen) atoms. The largest absolute Gasteiger partial charge is 0.479 e. The summed E-state index contributed by atoms with van der Waals surface area (Å²) in [7, 11) is 1.47. The first-order valence-corrected chi connectivity index (χ1v) is 7.06. The molecule has 5 nitrogen and oxygen atoms in total. The molecule has 5 heteroatoms. The Hall–Kier alpha value is -2.84. The van der Waals surface area contributed by atoms with Gasteiger partial charge in [-0.15, -0.1) is 6.42 Å². The fourth-order valence-electron chi connectivity index (χ4n) is 2.39. The van der Waals surface area contributed by atoms with Gasteiger partial charge in [-0.2, -0.15) is 0 Å². The SMILES string of the molecule is C#Cc1cnccc1NC(COC)(Cc1ccccc1)C(=O)O. The Morgan fingerprint density at radius 1 is 1.39 bits per heavy atom. The number of aromatic nitrogens is 1. The average molecular weight is 310 g/mol. The second-order valence-corrected chi connectivity index (χ2v) is 5.17. The van der Waals surface area contributed by atoms with Crippen LogP contribution in [0.4, 0.5) is 5.69 Å². The molecule has 1 aromatic heterocycles. The zero-order valence-electron chi connectivity index (χ0n) is 12.8. The highest BCUT2D eigenvalue weighted by molar-refractivity contribution is 5.84. The number of anilines is 1. The molecule has 1 aromatic carbocycles. The van der Waals surface area contributed by atoms with E-state index in [1.54, 1.807) is 12.3 Å². The fraction of sp³-hybridized carbons (Fsp3) is 0.222. The normalized spacial score (nSPS) is 12.9. The predicted octanol–water partition coefficient (Wildman–Crippen LogP) is 2.19. The van der Waals surface area contributed by atoms with Gasteiger partial charge < -0.3 is 15.2 Å². The topological polar surface area (TPSA) is 71.5 Å². The summed E-state index contributed by atoms with van der Waals surface area (Å²) in [5, 5.41) is 12.9. The van der Waals surface area contributed by atoms with Gasteiger partial charge in [-0.3, -0.25) is 4.98 Å². The number of hydrogen-bond acceptors (Lipinski definition) is 4. The van der Waals surface area contributed by atoms with Gasteiger partial charge in [0.25, 0.3) is 0 Å². The molecule has 2 aromatic rings. The Morgan fingerprint density at radius 3 is 2.74 bits per heavy atom. The molecule has 0 saturated heterocycles. The Labute approximate surface area is 135 Å². The summed E-state index contributed by atoms with van der Waals surface area (Å²) in [6, 6.07) is 11.0. The predicted molar refractivity (Wildman–Crippen MR) is 88.2 cm³/mol. The van der Waals surface area contributed by atoms with Crippen molar-refractivity contribution in [2.24, 2.45) is 0 Å². The van der Waals surface area contributed by atoms with Crippen LogP contribution >= 0.6 is 0 Å². The Balaban J connectivity index is 2.41. The van der Waals surface area contributed by atoms with Gasteiger partial charge in [-0.05, 0) is 11.6 Å². The summed E-state index contributed by atoms with van der Waals surface area (Å²) < 4.78 is 5.18. The summed E-state index contributed by atoms with van der Waals surface area (Å²) in [5.74, 6) is 1.49. The summed E-state index contributed by atoms with van der Waals surface area (Å²) in [4.78, 5) is 16.0. The number of hydrogen-bond donors (Lipinski definition) is 2. The summed E-state index contributed by atoms with van der Waals surface area (Å²) in [6.07, 6.45) is 8.80. The standard InChI is InChI=1S/C18H18N2O3/c1-3-15-12-19-10-9-16(15)20-18(13-23-2,17(21)22)11-14-7-5-4-6-8-14/h1,4-10,12H,11,13H2,2H3,(H,19,20)(H,21,22). The number of methoxy groups -OCH3 is 1. The lowest BCUT2D eigenvalue weighted by molar-refractivity contribution is -0.144. The van der Waals surface area contributed by atoms with Crippen LogP contribution in [0.5, 0.6) is 0 Å². The van der Waals surface area contributed by atoms with Crippen molar-refractivity contribution in [2.75, 3.05) is 19.0 Å². The number of nitrogens with zero attached hydrogens (tertiary/aromatic N) is 1. The van der Waals surface area contributed by atoms with Crippen LogP contribution in [0.3, 0.4) is 0 Å². The number of carbonyl (C=O) groups is 1. The molecule has 0 aliphatic heterocycles. The summed E-state index contributed by atoms with van der Waals surface area (Å²) in [6.45, 7) is -0.0104. The first-order chi connectivity index (χ1) is 11.1. The minimum Gasteiger partial charge on any atom is -0.479 e. The molecule has 0 saturated carbocycles. The zero-order valence-corrected chi connectivity index (χ0v) is 12.8. The monoisotopic (exact) mass is 310 g/mol. The first-order valence-electron chi connectivity index (χ1n) is 7.06. The number of nitrogens with one attached hydrogen (secondary N) is 1. The van der Waals surface area contributed by atoms with Crippen molar-refractivity contribution in [3.05, 3.63) is 59.9 Å². The molecule has 0 aliphatic rings. The molecule has 118 valence electrons. The number of terminal acetylenes is 1. The first kappa shape index (κ1) is 16.5. The van der Waals surface area contributed by atoms with Crippen LogP contribution in [-0.2, 0) is 16.0 Å². The lowest BCUT2D eigenvalue weighted by atomic mass is 9.90. The van der Waals surface area contributed by atoms with Crippen molar-refractivity contribution in [1.29, 1.82) is 0 Å². The van der Waals surface area contributed by atoms with Crippen molar-refractivity contribution in [2.45, 2.75) is 12.0 Å². The van der Waals surface area contributed by atoms with Crippen LogP contribution in [0.2, 0.25) is 0 Å². The number of carboxylic acids is 1. The van der Waals surface area contributed by atoms with E-state index in [1.165, 1.54) is 13.3 Å². The van der Waals surface area contributed by atoms with Gasteiger partial charge >= 0.3 is 5.97 Å². The van der Waals surface area contributed by atoms with Gasteiger partial charge in [0.05, 0.1) is 17.9 Å². The second kappa shape index (κ2) is 7.43. The van der Waals surface area contributed by atoms with E-state index in [4.69, 9.17) is 11.2 Å². The van der Waals surface area contributed by atoms with Crippen LogP contribution in [0.15, 0.2) is 48.8 Å². The minimum atomic E-state index is -1.33. The van der Waals surface area contributed by atoms with Crippen LogP contribution in [-0.4, -0.2) is 35.3 Å². The molecule has 0 amide bonds. The minimum absolute atomic E-state index is 0.0104. The Bertz CT molecular complexity index is 710. The van der Waals surface area contributed by atoms with E-state index in [0.29, 0.717) is 11.3 Å². The van der Waals surface area contributed by atoms with E-state index in [0.717, 1.165) is 5.56 Å². The summed E-state index contributed by atoms with van der Waals surface area (Å²) in [5.41, 5.74) is 0.596. The quantitative estimate of drug-likeness (QED) is 0.767. The molecule has 1 heterocycles. The molecule has 1 unspecified atom stereocenters. The third-order valence-electron chi connectivity index (χ3n) is 3.50. The molecule has 2 N–H and O–H groups in total. The van der Waals surface area contributed by atoms with Gasteiger partial charge in [0.2, 0.25) is 0 Å². The van der Waals surface area contributed by atoms with E-state index in [1.807, 2.05) is 30.3 Å². The number of carboxylic acid groups (broad SMARTS) is 1. The van der Waals surface area contributed by atoms with E-state index in [-0.39, 0.29) is 13.0 Å². The number of pyridine rings is 1. The molecule has 0 bridgehead atoms. The smallest absolute Gasteiger partial charge is 0.332 e. The molecule has 1 atom stereocenters. The van der Waals surface area contributed by atoms with Crippen LogP contribution in [0.1, 0.15) is 11.1 Å². The molecule has 2 rings (SSSR count). The zero-order chi connectivity index (χ0) is 16.7. The number of benzene rings is 1. The maximum Gasteiger partial charge on any atom is 0.332 e. The maximum atomic E-state index is 12.0. The van der Waals surface area contributed by atoms with Gasteiger partial charge in [0, 0.05) is 25.9 Å². The van der Waals surface area contributed by atoms with Crippen LogP contribution in [0, 0.1) is 12.3 Å². The third kappa shape index (κ3) is 3.87. The van der Waals surface area contributed by atoms with Crippen molar-refractivity contribution < 1.29 is 14.6 Å². The molecule has 0 aliphatic carbocycles. The van der Waals surface area contributed by atoms with E-state index in [2.05, 4.69) is 16.2 Å². The molecule has 0 radical (unpaired) electrons. The lowest BCUT2D eigenvalue weighted by Crippen LogP contribution is -2.52.